The summed E-state index contributed by atoms with van der Waals surface area (Å²) in [7, 11) is -2.92. The molecule has 3 aromatic carbocycles. The van der Waals surface area contributed by atoms with E-state index in [2.05, 4.69) is 45.2 Å². The predicted octanol–water partition coefficient (Wildman–Crippen LogP) is 5.44. The molecule has 8 nitrogen and oxygen atoms in total. The highest BCUT2D eigenvalue weighted by atomic mass is 32.2. The fourth-order valence-electron chi connectivity index (χ4n) is 6.48. The molecule has 7 rings (SSSR count). The van der Waals surface area contributed by atoms with Crippen LogP contribution >= 0.6 is 0 Å². The van der Waals surface area contributed by atoms with E-state index in [0.717, 1.165) is 40.9 Å². The van der Waals surface area contributed by atoms with Crippen LogP contribution in [0.4, 0.5) is 0 Å². The second-order valence-electron chi connectivity index (χ2n) is 11.3. The fourth-order valence-corrected chi connectivity index (χ4v) is 7.76. The maximum atomic E-state index is 12.7. The summed E-state index contributed by atoms with van der Waals surface area (Å²) in [5.41, 5.74) is 6.65. The molecule has 0 saturated carbocycles. The van der Waals surface area contributed by atoms with Crippen LogP contribution in [-0.2, 0) is 22.8 Å². The van der Waals surface area contributed by atoms with E-state index in [4.69, 9.17) is 4.98 Å². The van der Waals surface area contributed by atoms with Crippen LogP contribution in [0.25, 0.3) is 38.6 Å². The first kappa shape index (κ1) is 27.4. The summed E-state index contributed by atoms with van der Waals surface area (Å²) in [4.78, 5) is 19.9. The van der Waals surface area contributed by atoms with Crippen LogP contribution in [0.3, 0.4) is 0 Å². The number of carboxylic acids is 1. The van der Waals surface area contributed by atoms with E-state index in [1.807, 2.05) is 60.8 Å². The molecule has 9 heteroatoms. The molecular formula is C34H32N4O4S. The third-order valence-corrected chi connectivity index (χ3v) is 10.3. The molecule has 0 unspecified atom stereocenters. The summed E-state index contributed by atoms with van der Waals surface area (Å²) >= 11 is 0. The van der Waals surface area contributed by atoms with Gasteiger partial charge in [0.25, 0.3) is 0 Å². The molecule has 0 amide bonds. The highest BCUT2D eigenvalue weighted by molar-refractivity contribution is 7.91. The van der Waals surface area contributed by atoms with E-state index in [-0.39, 0.29) is 17.1 Å². The quantitative estimate of drug-likeness (QED) is 0.265. The first-order valence-corrected chi connectivity index (χ1v) is 16.3. The van der Waals surface area contributed by atoms with Gasteiger partial charge in [0.15, 0.2) is 9.84 Å². The molecule has 0 spiro atoms. The van der Waals surface area contributed by atoms with E-state index in [1.165, 1.54) is 10.9 Å². The number of imidazole rings is 1. The number of fused-ring (bicyclic) bond motifs is 3. The minimum absolute atomic E-state index is 0.216. The van der Waals surface area contributed by atoms with E-state index < -0.39 is 15.8 Å². The lowest BCUT2D eigenvalue weighted by Crippen LogP contribution is -2.41. The topological polar surface area (TPSA) is 96.9 Å². The third kappa shape index (κ3) is 4.98. The number of hydrogen-bond acceptors (Lipinski definition) is 5. The fraction of sp³-hybridized carbons (Fsp3) is 0.235. The van der Waals surface area contributed by atoms with Gasteiger partial charge in [0.1, 0.15) is 5.65 Å². The van der Waals surface area contributed by atoms with Gasteiger partial charge in [-0.05, 0) is 47.0 Å². The molecular weight excluding hydrogens is 560 g/mol. The van der Waals surface area contributed by atoms with Crippen LogP contribution in [0.5, 0.6) is 0 Å². The number of hydrogen-bond donors (Lipinski definition) is 1. The molecule has 1 saturated heterocycles. The minimum atomic E-state index is -2.92. The summed E-state index contributed by atoms with van der Waals surface area (Å²) in [6.45, 7) is 4.76. The Morgan fingerprint density at radius 3 is 2.53 bits per heavy atom. The second-order valence-corrected chi connectivity index (χ2v) is 13.6. The summed E-state index contributed by atoms with van der Waals surface area (Å²) in [5.74, 6) is -0.546. The molecule has 1 aliphatic heterocycles. The number of aromatic carboxylic acids is 1. The highest BCUT2D eigenvalue weighted by Gasteiger charge is 2.24. The first-order chi connectivity index (χ1) is 20.8. The standard InChI is InChI=1S/C34H32N4O4S/c1-23-7-6-10-28-31(23)25(22-37(28)16-15-36-17-19-43(41,42)20-18-36)21-29-33(35-30-11-4-5-14-38(29)30)27-13-12-24-8-2-3-9-26(24)32(27)34(39)40/h2-14,22H,15-21H2,1H3,(H,39,40). The maximum Gasteiger partial charge on any atom is 0.337 e. The Hall–Kier alpha value is -4.47. The third-order valence-electron chi connectivity index (χ3n) is 8.67. The number of pyridine rings is 1. The molecule has 6 aromatic rings. The Kier molecular flexibility index (Phi) is 6.79. The van der Waals surface area contributed by atoms with Crippen LogP contribution in [0.1, 0.15) is 27.2 Å². The van der Waals surface area contributed by atoms with Crippen molar-refractivity contribution in [2.24, 2.45) is 0 Å². The molecule has 0 bridgehead atoms. The van der Waals surface area contributed by atoms with Crippen molar-refractivity contribution < 1.29 is 18.3 Å². The molecule has 0 atom stereocenters. The zero-order valence-electron chi connectivity index (χ0n) is 23.9. The van der Waals surface area contributed by atoms with Crippen LogP contribution in [-0.4, -0.2) is 69.5 Å². The van der Waals surface area contributed by atoms with Gasteiger partial charge in [0, 0.05) is 61.5 Å². The van der Waals surface area contributed by atoms with Crippen molar-refractivity contribution in [1.29, 1.82) is 0 Å². The molecule has 4 heterocycles. The number of carboxylic acid groups (broad SMARTS) is 1. The molecule has 1 fully saturated rings. The van der Waals surface area contributed by atoms with Crippen LogP contribution in [0.15, 0.2) is 85.2 Å². The number of carbonyl (C=O) groups is 1. The summed E-state index contributed by atoms with van der Waals surface area (Å²) in [6.07, 6.45) is 4.74. The van der Waals surface area contributed by atoms with Crippen molar-refractivity contribution in [2.45, 2.75) is 19.9 Å². The van der Waals surface area contributed by atoms with E-state index in [9.17, 15) is 18.3 Å². The highest BCUT2D eigenvalue weighted by Crippen LogP contribution is 2.35. The largest absolute Gasteiger partial charge is 0.478 e. The van der Waals surface area contributed by atoms with Crippen molar-refractivity contribution in [3.63, 3.8) is 0 Å². The van der Waals surface area contributed by atoms with Gasteiger partial charge in [0.05, 0.1) is 28.5 Å². The molecule has 1 aliphatic rings. The Labute approximate surface area is 249 Å². The van der Waals surface area contributed by atoms with Crippen molar-refractivity contribution in [1.82, 2.24) is 18.9 Å². The Morgan fingerprint density at radius 1 is 0.930 bits per heavy atom. The van der Waals surface area contributed by atoms with Gasteiger partial charge in [0.2, 0.25) is 0 Å². The lowest BCUT2D eigenvalue weighted by Gasteiger charge is -2.26. The summed E-state index contributed by atoms with van der Waals surface area (Å²) in [5, 5.41) is 13.1. The van der Waals surface area contributed by atoms with Gasteiger partial charge in [-0.3, -0.25) is 4.90 Å². The molecule has 43 heavy (non-hydrogen) atoms. The Balaban J connectivity index is 1.33. The number of aromatic nitrogens is 3. The number of sulfone groups is 1. The van der Waals surface area contributed by atoms with Crippen molar-refractivity contribution >= 4 is 43.1 Å². The molecule has 0 radical (unpaired) electrons. The minimum Gasteiger partial charge on any atom is -0.478 e. The summed E-state index contributed by atoms with van der Waals surface area (Å²) < 4.78 is 28.2. The average Bonchev–Trinajstić information content (AvgIpc) is 3.55. The monoisotopic (exact) mass is 592 g/mol. The molecule has 1 N–H and O–H groups in total. The Bertz CT molecular complexity index is 2130. The maximum absolute atomic E-state index is 12.7. The van der Waals surface area contributed by atoms with Gasteiger partial charge in [-0.15, -0.1) is 0 Å². The number of aryl methyl sites for hydroxylation is 1. The lowest BCUT2D eigenvalue weighted by molar-refractivity contribution is 0.0700. The average molecular weight is 593 g/mol. The van der Waals surface area contributed by atoms with Gasteiger partial charge in [-0.2, -0.15) is 0 Å². The molecule has 0 aliphatic carbocycles. The van der Waals surface area contributed by atoms with Crippen LogP contribution in [0.2, 0.25) is 0 Å². The van der Waals surface area contributed by atoms with Gasteiger partial charge in [-0.1, -0.05) is 54.6 Å². The van der Waals surface area contributed by atoms with Crippen molar-refractivity contribution in [2.75, 3.05) is 31.1 Å². The van der Waals surface area contributed by atoms with Gasteiger partial charge < -0.3 is 14.1 Å². The van der Waals surface area contributed by atoms with Crippen molar-refractivity contribution in [3.05, 3.63) is 108 Å². The number of nitrogens with zero attached hydrogens (tertiary/aromatic N) is 4. The van der Waals surface area contributed by atoms with E-state index >= 15 is 0 Å². The van der Waals surface area contributed by atoms with Gasteiger partial charge >= 0.3 is 5.97 Å². The Morgan fingerprint density at radius 2 is 1.72 bits per heavy atom. The zero-order chi connectivity index (χ0) is 29.7. The lowest BCUT2D eigenvalue weighted by atomic mass is 9.94. The normalized spacial score (nSPS) is 15.5. The van der Waals surface area contributed by atoms with Gasteiger partial charge in [-0.25, -0.2) is 18.2 Å². The van der Waals surface area contributed by atoms with Crippen molar-refractivity contribution in [3.8, 4) is 11.3 Å². The SMILES string of the molecule is Cc1cccc2c1c(Cc1c(-c3ccc4ccccc4c3C(=O)O)nc3ccccn13)cn2CCN1CCS(=O)(=O)CC1. The zero-order valence-corrected chi connectivity index (χ0v) is 24.7. The summed E-state index contributed by atoms with van der Waals surface area (Å²) in [6, 6.07) is 23.6. The molecule has 218 valence electrons. The van der Waals surface area contributed by atoms with Crippen LogP contribution in [0, 0.1) is 6.92 Å². The smallest absolute Gasteiger partial charge is 0.337 e. The second kappa shape index (κ2) is 10.7. The van der Waals surface area contributed by atoms with E-state index in [0.29, 0.717) is 36.2 Å². The predicted molar refractivity (Wildman–Crippen MR) is 170 cm³/mol. The van der Waals surface area contributed by atoms with Crippen LogP contribution < -0.4 is 0 Å². The number of benzene rings is 3. The number of rotatable bonds is 7. The first-order valence-electron chi connectivity index (χ1n) is 14.5. The molecule has 3 aromatic heterocycles. The van der Waals surface area contributed by atoms with E-state index in [1.54, 1.807) is 0 Å².